The van der Waals surface area contributed by atoms with E-state index in [4.69, 9.17) is 12.0 Å². The fraction of sp³-hybridized carbons (Fsp3) is 0.778. The van der Waals surface area contributed by atoms with Crippen LogP contribution in [0.5, 0.6) is 0 Å². The third kappa shape index (κ3) is 2.57. The number of carbonyl (C=O) groups excluding carboxylic acids is 1. The van der Waals surface area contributed by atoms with Gasteiger partial charge < -0.3 is 5.11 Å². The van der Waals surface area contributed by atoms with Gasteiger partial charge in [-0.2, -0.15) is 0 Å². The zero-order chi connectivity index (χ0) is 8.97. The summed E-state index contributed by atoms with van der Waals surface area (Å²) in [6.45, 7) is 6.56. The molecule has 0 bridgehead atoms. The van der Waals surface area contributed by atoms with Crippen molar-refractivity contribution < 1.29 is 9.90 Å². The summed E-state index contributed by atoms with van der Waals surface area (Å²) in [5.74, 6) is -0.278. The fourth-order valence-electron chi connectivity index (χ4n) is 1.78. The van der Waals surface area contributed by atoms with Crippen LogP contribution in [0, 0.1) is 6.92 Å². The first-order chi connectivity index (χ1) is 5.74. The van der Waals surface area contributed by atoms with Crippen LogP contribution in [0.25, 0.3) is 0 Å². The van der Waals surface area contributed by atoms with Gasteiger partial charge >= 0.3 is 0 Å². The van der Waals surface area contributed by atoms with Crippen molar-refractivity contribution in [2.75, 3.05) is 19.7 Å². The summed E-state index contributed by atoms with van der Waals surface area (Å²) < 4.78 is 0. The Kier molecular flexibility index (Phi) is 3.69. The Bertz CT molecular complexity index is 159. The highest BCUT2D eigenvalue weighted by Crippen LogP contribution is 2.18. The molecule has 3 heteroatoms. The number of aliphatic hydroxyl groups excluding tert-OH is 1. The van der Waals surface area contributed by atoms with Crippen LogP contribution in [0.3, 0.4) is 0 Å². The summed E-state index contributed by atoms with van der Waals surface area (Å²) in [6, 6.07) is 0.363. The summed E-state index contributed by atoms with van der Waals surface area (Å²) in [6.07, 6.45) is 2.94. The molecular weight excluding hydrogens is 154 g/mol. The van der Waals surface area contributed by atoms with Gasteiger partial charge in [-0.05, 0) is 25.8 Å². The molecule has 1 atom stereocenters. The monoisotopic (exact) mass is 169 g/mol. The van der Waals surface area contributed by atoms with Crippen molar-refractivity contribution >= 4 is 5.78 Å². The van der Waals surface area contributed by atoms with Gasteiger partial charge in [0, 0.05) is 19.6 Å². The van der Waals surface area contributed by atoms with E-state index >= 15 is 0 Å². The van der Waals surface area contributed by atoms with Crippen molar-refractivity contribution in [2.45, 2.75) is 25.3 Å². The molecule has 12 heavy (non-hydrogen) atoms. The highest BCUT2D eigenvalue weighted by atomic mass is 16.3. The molecular formula is C9H15NO2. The topological polar surface area (TPSA) is 40.5 Å². The minimum Gasteiger partial charge on any atom is -0.396 e. The van der Waals surface area contributed by atoms with E-state index in [1.807, 2.05) is 0 Å². The van der Waals surface area contributed by atoms with E-state index in [9.17, 15) is 4.79 Å². The van der Waals surface area contributed by atoms with Crippen molar-refractivity contribution in [3.63, 3.8) is 0 Å². The second-order valence-corrected chi connectivity index (χ2v) is 3.25. The predicted octanol–water partition coefficient (Wildman–Crippen LogP) is 0.113. The van der Waals surface area contributed by atoms with E-state index in [0.29, 0.717) is 12.6 Å². The van der Waals surface area contributed by atoms with Crippen molar-refractivity contribution in [2.24, 2.45) is 0 Å². The van der Waals surface area contributed by atoms with E-state index in [2.05, 4.69) is 4.90 Å². The van der Waals surface area contributed by atoms with Gasteiger partial charge in [0.2, 0.25) is 0 Å². The van der Waals surface area contributed by atoms with Gasteiger partial charge in [0.1, 0.15) is 0 Å². The van der Waals surface area contributed by atoms with E-state index in [0.717, 1.165) is 25.8 Å². The average molecular weight is 169 g/mol. The van der Waals surface area contributed by atoms with Gasteiger partial charge in [-0.3, -0.25) is 9.69 Å². The van der Waals surface area contributed by atoms with E-state index in [-0.39, 0.29) is 12.4 Å². The Morgan fingerprint density at radius 3 is 3.00 bits per heavy atom. The molecule has 2 radical (unpaired) electrons. The Balaban J connectivity index is 2.35. The highest BCUT2D eigenvalue weighted by Gasteiger charge is 2.24. The van der Waals surface area contributed by atoms with Crippen molar-refractivity contribution in [3.05, 3.63) is 6.92 Å². The Morgan fingerprint density at radius 2 is 2.42 bits per heavy atom. The lowest BCUT2D eigenvalue weighted by Crippen LogP contribution is -2.34. The zero-order valence-electron chi connectivity index (χ0n) is 7.20. The molecule has 1 fully saturated rings. The maximum atomic E-state index is 10.6. The summed E-state index contributed by atoms with van der Waals surface area (Å²) >= 11 is 0. The third-order valence-electron chi connectivity index (χ3n) is 2.32. The molecule has 0 saturated carbocycles. The van der Waals surface area contributed by atoms with E-state index in [1.165, 1.54) is 0 Å². The molecule has 0 spiro atoms. The first-order valence-corrected chi connectivity index (χ1v) is 4.37. The van der Waals surface area contributed by atoms with Crippen molar-refractivity contribution in [3.8, 4) is 0 Å². The van der Waals surface area contributed by atoms with Crippen LogP contribution in [0.15, 0.2) is 0 Å². The van der Waals surface area contributed by atoms with Crippen LogP contribution in [0.2, 0.25) is 0 Å². The highest BCUT2D eigenvalue weighted by molar-refractivity contribution is 5.84. The molecule has 0 aliphatic carbocycles. The number of hydrogen-bond acceptors (Lipinski definition) is 3. The van der Waals surface area contributed by atoms with Crippen LogP contribution in [0.4, 0.5) is 0 Å². The number of likely N-dealkylation sites (tertiary alicyclic amines) is 1. The maximum Gasteiger partial charge on any atom is 0.151 e. The van der Waals surface area contributed by atoms with Crippen LogP contribution < -0.4 is 0 Å². The number of rotatable bonds is 4. The lowest BCUT2D eigenvalue weighted by molar-refractivity contribution is -0.116. The van der Waals surface area contributed by atoms with Gasteiger partial charge in [0.05, 0.1) is 6.54 Å². The second-order valence-electron chi connectivity index (χ2n) is 3.25. The molecule has 1 saturated heterocycles. The first-order valence-electron chi connectivity index (χ1n) is 4.37. The predicted molar refractivity (Wildman–Crippen MR) is 45.6 cm³/mol. The Morgan fingerprint density at radius 1 is 1.67 bits per heavy atom. The molecule has 0 aromatic heterocycles. The van der Waals surface area contributed by atoms with E-state index in [1.54, 1.807) is 0 Å². The lowest BCUT2D eigenvalue weighted by Gasteiger charge is -2.21. The molecule has 0 unspecified atom stereocenters. The molecule has 3 nitrogen and oxygen atoms in total. The Hall–Kier alpha value is -0.410. The number of hydrogen-bond donors (Lipinski definition) is 1. The molecule has 1 rings (SSSR count). The second kappa shape index (κ2) is 4.58. The lowest BCUT2D eigenvalue weighted by atomic mass is 10.1. The number of aliphatic hydroxyl groups is 1. The number of nitrogens with zero attached hydrogens (tertiary/aromatic N) is 1. The molecule has 1 heterocycles. The normalized spacial score (nSPS) is 24.7. The third-order valence-corrected chi connectivity index (χ3v) is 2.32. The van der Waals surface area contributed by atoms with Gasteiger partial charge in [0.25, 0.3) is 0 Å². The number of carbonyl (C=O) groups is 1. The molecule has 0 aromatic rings. The largest absolute Gasteiger partial charge is 0.396 e. The quantitative estimate of drug-likeness (QED) is 0.649. The SMILES string of the molecule is [CH]C(=O)CN1CCC[C@@H]1CCO. The molecule has 0 amide bonds. The first kappa shape index (κ1) is 9.68. The van der Waals surface area contributed by atoms with Crippen molar-refractivity contribution in [1.82, 2.24) is 4.90 Å². The van der Waals surface area contributed by atoms with Crippen LogP contribution in [0.1, 0.15) is 19.3 Å². The number of ketones is 1. The van der Waals surface area contributed by atoms with E-state index < -0.39 is 0 Å². The van der Waals surface area contributed by atoms with Gasteiger partial charge in [0.15, 0.2) is 5.78 Å². The van der Waals surface area contributed by atoms with Crippen LogP contribution >= 0.6 is 0 Å². The van der Waals surface area contributed by atoms with Gasteiger partial charge in [-0.25, -0.2) is 0 Å². The van der Waals surface area contributed by atoms with Crippen molar-refractivity contribution in [1.29, 1.82) is 0 Å². The van der Waals surface area contributed by atoms with Gasteiger partial charge in [-0.1, -0.05) is 0 Å². The minimum atomic E-state index is -0.278. The summed E-state index contributed by atoms with van der Waals surface area (Å²) in [5, 5.41) is 8.74. The molecule has 1 aliphatic rings. The summed E-state index contributed by atoms with van der Waals surface area (Å²) in [7, 11) is 0. The smallest absolute Gasteiger partial charge is 0.151 e. The fourth-order valence-corrected chi connectivity index (χ4v) is 1.78. The standard InChI is InChI=1S/C9H15NO2/c1-8(12)7-10-5-2-3-9(10)4-6-11/h1,9,11H,2-7H2/t9-/m1/s1. The maximum absolute atomic E-state index is 10.6. The summed E-state index contributed by atoms with van der Waals surface area (Å²) in [5.41, 5.74) is 0. The average Bonchev–Trinajstić information content (AvgIpc) is 2.37. The zero-order valence-corrected chi connectivity index (χ0v) is 7.20. The molecule has 1 aliphatic heterocycles. The van der Waals surface area contributed by atoms with Gasteiger partial charge in [-0.15, -0.1) is 0 Å². The number of Topliss-reactive ketones (excluding diaryl/α,β-unsaturated/α-hetero) is 1. The van der Waals surface area contributed by atoms with Crippen LogP contribution in [-0.2, 0) is 4.79 Å². The minimum absolute atomic E-state index is 0.194. The van der Waals surface area contributed by atoms with Crippen LogP contribution in [-0.4, -0.2) is 41.5 Å². The molecule has 68 valence electrons. The summed E-state index contributed by atoms with van der Waals surface area (Å²) in [4.78, 5) is 12.7. The Labute approximate surface area is 73.4 Å². The molecule has 0 aromatic carbocycles. The molecule has 1 N–H and O–H groups in total.